The number of aryl methyl sites for hydroxylation is 1. The molecular formula is C31H28FNO4. The van der Waals surface area contributed by atoms with Gasteiger partial charge in [0.25, 0.3) is 5.91 Å². The zero-order valence-electron chi connectivity index (χ0n) is 20.6. The number of hydrogen-bond donors (Lipinski definition) is 1. The van der Waals surface area contributed by atoms with Crippen molar-refractivity contribution < 1.29 is 23.8 Å². The second kappa shape index (κ2) is 12.0. The Balaban J connectivity index is 1.57. The van der Waals surface area contributed by atoms with Crippen LogP contribution >= 0.6 is 0 Å². The van der Waals surface area contributed by atoms with Crippen LogP contribution in [0.2, 0.25) is 0 Å². The molecule has 0 aliphatic heterocycles. The van der Waals surface area contributed by atoms with E-state index in [4.69, 9.17) is 4.74 Å². The normalized spacial score (nSPS) is 10.6. The maximum absolute atomic E-state index is 14.0. The summed E-state index contributed by atoms with van der Waals surface area (Å²) in [6.07, 6.45) is 1.53. The Labute approximate surface area is 215 Å². The zero-order valence-corrected chi connectivity index (χ0v) is 20.6. The Bertz CT molecular complexity index is 1370. The van der Waals surface area contributed by atoms with Gasteiger partial charge >= 0.3 is 5.97 Å². The first-order valence-electron chi connectivity index (χ1n) is 12.0. The van der Waals surface area contributed by atoms with Crippen LogP contribution in [0.5, 0.6) is 5.75 Å². The standard InChI is InChI=1S/C31H28FNO4/c1-37-29-18-17-25(32)20-28(29)30(34)33(19-7-10-22-8-3-2-4-9-22)21-23-13-15-24(16-14-23)26-11-5-6-12-27(26)31(35)36/h2-6,8-9,11-18,20H,7,10,19,21H2,1H3,(H,35,36). The molecule has 37 heavy (non-hydrogen) atoms. The number of halogens is 1. The van der Waals surface area contributed by atoms with Crippen molar-refractivity contribution in [3.05, 3.63) is 125 Å². The van der Waals surface area contributed by atoms with Crippen LogP contribution < -0.4 is 4.74 Å². The van der Waals surface area contributed by atoms with Crippen LogP contribution in [0.25, 0.3) is 11.1 Å². The lowest BCUT2D eigenvalue weighted by Gasteiger charge is -2.24. The average Bonchev–Trinajstić information content (AvgIpc) is 2.93. The number of ether oxygens (including phenoxy) is 1. The SMILES string of the molecule is COc1ccc(F)cc1C(=O)N(CCCc1ccccc1)Cc1ccc(-c2ccccc2C(=O)O)cc1. The van der Waals surface area contributed by atoms with E-state index in [0.29, 0.717) is 24.4 Å². The third kappa shape index (κ3) is 6.41. The van der Waals surface area contributed by atoms with Gasteiger partial charge in [0.2, 0.25) is 0 Å². The Kier molecular flexibility index (Phi) is 8.31. The van der Waals surface area contributed by atoms with E-state index in [2.05, 4.69) is 12.1 Å². The third-order valence-electron chi connectivity index (χ3n) is 6.21. The van der Waals surface area contributed by atoms with E-state index in [-0.39, 0.29) is 17.0 Å². The summed E-state index contributed by atoms with van der Waals surface area (Å²) < 4.78 is 19.4. The smallest absolute Gasteiger partial charge is 0.336 e. The molecule has 0 saturated carbocycles. The number of aromatic carboxylic acids is 1. The second-order valence-corrected chi connectivity index (χ2v) is 8.71. The minimum atomic E-state index is -0.987. The second-order valence-electron chi connectivity index (χ2n) is 8.71. The Morgan fingerprint density at radius 3 is 2.24 bits per heavy atom. The van der Waals surface area contributed by atoms with Crippen LogP contribution in [0.1, 0.15) is 38.3 Å². The van der Waals surface area contributed by atoms with E-state index >= 15 is 0 Å². The van der Waals surface area contributed by atoms with Gasteiger partial charge in [-0.25, -0.2) is 9.18 Å². The van der Waals surface area contributed by atoms with E-state index in [0.717, 1.165) is 24.0 Å². The Morgan fingerprint density at radius 2 is 1.54 bits per heavy atom. The van der Waals surface area contributed by atoms with Crippen LogP contribution in [0, 0.1) is 5.82 Å². The molecular weight excluding hydrogens is 469 g/mol. The van der Waals surface area contributed by atoms with Crippen LogP contribution in [0.15, 0.2) is 97.1 Å². The molecule has 0 aromatic heterocycles. The van der Waals surface area contributed by atoms with Gasteiger partial charge in [0, 0.05) is 13.1 Å². The summed E-state index contributed by atoms with van der Waals surface area (Å²) in [7, 11) is 1.46. The van der Waals surface area contributed by atoms with E-state index in [1.807, 2.05) is 42.5 Å². The van der Waals surface area contributed by atoms with Crippen LogP contribution in [-0.2, 0) is 13.0 Å². The lowest BCUT2D eigenvalue weighted by atomic mass is 9.98. The molecule has 5 nitrogen and oxygen atoms in total. The first-order valence-corrected chi connectivity index (χ1v) is 12.0. The molecule has 0 heterocycles. The number of carboxylic acid groups (broad SMARTS) is 1. The van der Waals surface area contributed by atoms with Gasteiger partial charge in [-0.3, -0.25) is 4.79 Å². The van der Waals surface area contributed by atoms with E-state index < -0.39 is 11.8 Å². The molecule has 188 valence electrons. The molecule has 4 aromatic carbocycles. The quantitative estimate of drug-likeness (QED) is 0.273. The van der Waals surface area contributed by atoms with E-state index in [9.17, 15) is 19.1 Å². The number of rotatable bonds is 10. The minimum Gasteiger partial charge on any atom is -0.496 e. The average molecular weight is 498 g/mol. The molecule has 0 aliphatic carbocycles. The molecule has 1 amide bonds. The number of methoxy groups -OCH3 is 1. The summed E-state index contributed by atoms with van der Waals surface area (Å²) in [4.78, 5) is 26.9. The van der Waals surface area contributed by atoms with Gasteiger partial charge < -0.3 is 14.7 Å². The van der Waals surface area contributed by atoms with Gasteiger partial charge in [-0.05, 0) is 59.4 Å². The van der Waals surface area contributed by atoms with E-state index in [1.54, 1.807) is 29.2 Å². The number of carboxylic acids is 1. The van der Waals surface area contributed by atoms with Gasteiger partial charge in [-0.15, -0.1) is 0 Å². The minimum absolute atomic E-state index is 0.175. The van der Waals surface area contributed by atoms with Crippen LogP contribution in [0.4, 0.5) is 4.39 Å². The number of carbonyl (C=O) groups excluding carboxylic acids is 1. The van der Waals surface area contributed by atoms with Crippen molar-refractivity contribution in [2.75, 3.05) is 13.7 Å². The largest absolute Gasteiger partial charge is 0.496 e. The van der Waals surface area contributed by atoms with Crippen molar-refractivity contribution in [1.29, 1.82) is 0 Å². The van der Waals surface area contributed by atoms with Crippen molar-refractivity contribution in [3.8, 4) is 16.9 Å². The molecule has 6 heteroatoms. The molecule has 0 fully saturated rings. The summed E-state index contributed by atoms with van der Waals surface area (Å²) in [6.45, 7) is 0.783. The number of amides is 1. The lowest BCUT2D eigenvalue weighted by Crippen LogP contribution is -2.32. The fraction of sp³-hybridized carbons (Fsp3) is 0.161. The number of nitrogens with zero attached hydrogens (tertiary/aromatic N) is 1. The third-order valence-corrected chi connectivity index (χ3v) is 6.21. The van der Waals surface area contributed by atoms with Gasteiger partial charge in [0.1, 0.15) is 11.6 Å². The zero-order chi connectivity index (χ0) is 26.2. The molecule has 0 aliphatic rings. The topological polar surface area (TPSA) is 66.8 Å². The summed E-state index contributed by atoms with van der Waals surface area (Å²) in [6, 6.07) is 28.3. The lowest BCUT2D eigenvalue weighted by molar-refractivity contribution is 0.0695. The number of hydrogen-bond acceptors (Lipinski definition) is 3. The highest BCUT2D eigenvalue weighted by Gasteiger charge is 2.21. The molecule has 4 aromatic rings. The van der Waals surface area contributed by atoms with Crippen LogP contribution in [-0.4, -0.2) is 35.5 Å². The summed E-state index contributed by atoms with van der Waals surface area (Å²) >= 11 is 0. The highest BCUT2D eigenvalue weighted by molar-refractivity contribution is 5.97. The maximum atomic E-state index is 14.0. The predicted molar refractivity (Wildman–Crippen MR) is 141 cm³/mol. The Morgan fingerprint density at radius 1 is 0.838 bits per heavy atom. The van der Waals surface area contributed by atoms with Gasteiger partial charge in [-0.2, -0.15) is 0 Å². The van der Waals surface area contributed by atoms with Crippen LogP contribution in [0.3, 0.4) is 0 Å². The monoisotopic (exact) mass is 497 g/mol. The van der Waals surface area contributed by atoms with Crippen molar-refractivity contribution in [1.82, 2.24) is 4.90 Å². The molecule has 0 radical (unpaired) electrons. The molecule has 4 rings (SSSR count). The van der Waals surface area contributed by atoms with Gasteiger partial charge in [0.05, 0.1) is 18.2 Å². The molecule has 0 spiro atoms. The highest BCUT2D eigenvalue weighted by atomic mass is 19.1. The van der Waals surface area contributed by atoms with Gasteiger partial charge in [0.15, 0.2) is 0 Å². The number of benzene rings is 4. The fourth-order valence-corrected chi connectivity index (χ4v) is 4.32. The molecule has 0 atom stereocenters. The van der Waals surface area contributed by atoms with Crippen molar-refractivity contribution in [2.45, 2.75) is 19.4 Å². The fourth-order valence-electron chi connectivity index (χ4n) is 4.32. The molecule has 0 saturated heterocycles. The molecule has 0 unspecified atom stereocenters. The molecule has 1 N–H and O–H groups in total. The summed E-state index contributed by atoms with van der Waals surface area (Å²) in [5.41, 5.74) is 3.86. The van der Waals surface area contributed by atoms with Gasteiger partial charge in [-0.1, -0.05) is 72.8 Å². The van der Waals surface area contributed by atoms with Crippen molar-refractivity contribution in [2.24, 2.45) is 0 Å². The Hall–Kier alpha value is -4.45. The number of carbonyl (C=O) groups is 2. The van der Waals surface area contributed by atoms with Crippen molar-refractivity contribution >= 4 is 11.9 Å². The van der Waals surface area contributed by atoms with E-state index in [1.165, 1.54) is 30.9 Å². The summed E-state index contributed by atoms with van der Waals surface area (Å²) in [5.74, 6) is -1.49. The first kappa shape index (κ1) is 25.6. The highest BCUT2D eigenvalue weighted by Crippen LogP contribution is 2.26. The molecule has 0 bridgehead atoms. The maximum Gasteiger partial charge on any atom is 0.336 e. The first-order chi connectivity index (χ1) is 18.0. The summed E-state index contributed by atoms with van der Waals surface area (Å²) in [5, 5.41) is 9.52. The predicted octanol–water partition coefficient (Wildman–Crippen LogP) is 6.47. The van der Waals surface area contributed by atoms with Crippen molar-refractivity contribution in [3.63, 3.8) is 0 Å².